The largest absolute Gasteiger partial charge is 0.299 e. The molecule has 0 radical (unpaired) electrons. The topological polar surface area (TPSA) is 20.3 Å². The second-order valence-corrected chi connectivity index (χ2v) is 5.74. The van der Waals surface area contributed by atoms with Gasteiger partial charge in [0.25, 0.3) is 0 Å². The smallest absolute Gasteiger partial charge is 0.136 e. The summed E-state index contributed by atoms with van der Waals surface area (Å²) in [5, 5.41) is 0. The second-order valence-electron chi connectivity index (χ2n) is 5.74. The Morgan fingerprint density at radius 3 is 2.84 bits per heavy atom. The molecule has 0 spiro atoms. The fourth-order valence-corrected chi connectivity index (χ4v) is 3.21. The van der Waals surface area contributed by atoms with E-state index in [9.17, 15) is 4.79 Å². The minimum absolute atomic E-state index is 0.430. The van der Waals surface area contributed by atoms with E-state index in [1.165, 1.54) is 17.6 Å². The maximum absolute atomic E-state index is 11.5. The Kier molecular flexibility index (Phi) is 3.79. The second kappa shape index (κ2) is 5.70. The molecular formula is C17H21NO. The number of hydrogen-bond donors (Lipinski definition) is 0. The molecule has 2 nitrogen and oxygen atoms in total. The molecule has 1 unspecified atom stereocenters. The van der Waals surface area contributed by atoms with Crippen LogP contribution in [0.15, 0.2) is 42.0 Å². The van der Waals surface area contributed by atoms with Crippen molar-refractivity contribution in [2.75, 3.05) is 13.1 Å². The van der Waals surface area contributed by atoms with Crippen molar-refractivity contribution in [3.8, 4) is 0 Å². The van der Waals surface area contributed by atoms with Crippen LogP contribution < -0.4 is 0 Å². The van der Waals surface area contributed by atoms with E-state index in [1.54, 1.807) is 0 Å². The van der Waals surface area contributed by atoms with Crippen molar-refractivity contribution in [2.45, 2.75) is 32.2 Å². The SMILES string of the molecule is O=C1CCC2CCN(Cc3ccccc3)CC=C2C1. The van der Waals surface area contributed by atoms with Gasteiger partial charge in [0.15, 0.2) is 0 Å². The number of carbonyl (C=O) groups excluding carboxylic acids is 1. The zero-order valence-electron chi connectivity index (χ0n) is 11.3. The minimum atomic E-state index is 0.430. The lowest BCUT2D eigenvalue weighted by Crippen LogP contribution is -2.24. The van der Waals surface area contributed by atoms with E-state index >= 15 is 0 Å². The van der Waals surface area contributed by atoms with Gasteiger partial charge in [-0.15, -0.1) is 0 Å². The first-order chi connectivity index (χ1) is 9.31. The molecule has 0 aromatic heterocycles. The molecule has 1 aromatic carbocycles. The number of Topliss-reactive ketones (excluding diaryl/α,β-unsaturated/α-hetero) is 1. The summed E-state index contributed by atoms with van der Waals surface area (Å²) in [5.74, 6) is 1.09. The number of rotatable bonds is 2. The maximum Gasteiger partial charge on any atom is 0.136 e. The van der Waals surface area contributed by atoms with Crippen LogP contribution in [0.25, 0.3) is 0 Å². The molecule has 0 bridgehead atoms. The van der Waals surface area contributed by atoms with Crippen LogP contribution in [-0.2, 0) is 11.3 Å². The first-order valence-electron chi connectivity index (χ1n) is 7.28. The monoisotopic (exact) mass is 255 g/mol. The van der Waals surface area contributed by atoms with Crippen molar-refractivity contribution in [3.63, 3.8) is 0 Å². The number of benzene rings is 1. The highest BCUT2D eigenvalue weighted by Crippen LogP contribution is 2.32. The van der Waals surface area contributed by atoms with Crippen LogP contribution in [0.5, 0.6) is 0 Å². The van der Waals surface area contributed by atoms with E-state index < -0.39 is 0 Å². The highest BCUT2D eigenvalue weighted by molar-refractivity contribution is 5.82. The van der Waals surface area contributed by atoms with Gasteiger partial charge in [-0.05, 0) is 30.9 Å². The summed E-state index contributed by atoms with van der Waals surface area (Å²) in [5.41, 5.74) is 2.79. The molecular weight excluding hydrogens is 234 g/mol. The van der Waals surface area contributed by atoms with Gasteiger partial charge in [-0.25, -0.2) is 0 Å². The molecule has 100 valence electrons. The molecule has 1 fully saturated rings. The summed E-state index contributed by atoms with van der Waals surface area (Å²) < 4.78 is 0. The molecule has 0 saturated heterocycles. The standard InChI is InChI=1S/C17H21NO/c19-17-7-6-15-8-10-18(11-9-16(15)12-17)13-14-4-2-1-3-5-14/h1-5,9,15H,6-8,10-13H2. The highest BCUT2D eigenvalue weighted by atomic mass is 16.1. The van der Waals surface area contributed by atoms with Crippen molar-refractivity contribution < 1.29 is 4.79 Å². The van der Waals surface area contributed by atoms with Crippen LogP contribution in [0.2, 0.25) is 0 Å². The highest BCUT2D eigenvalue weighted by Gasteiger charge is 2.25. The molecule has 2 aliphatic rings. The van der Waals surface area contributed by atoms with Crippen LogP contribution in [0.3, 0.4) is 0 Å². The van der Waals surface area contributed by atoms with Gasteiger partial charge in [0.05, 0.1) is 0 Å². The average Bonchev–Trinajstić information content (AvgIpc) is 2.63. The van der Waals surface area contributed by atoms with Gasteiger partial charge in [-0.3, -0.25) is 9.69 Å². The quantitative estimate of drug-likeness (QED) is 0.756. The summed E-state index contributed by atoms with van der Waals surface area (Å²) >= 11 is 0. The molecule has 1 heterocycles. The fourth-order valence-electron chi connectivity index (χ4n) is 3.21. The Hall–Kier alpha value is -1.41. The zero-order valence-corrected chi connectivity index (χ0v) is 11.3. The predicted molar refractivity (Wildman–Crippen MR) is 76.8 cm³/mol. The summed E-state index contributed by atoms with van der Waals surface area (Å²) in [6, 6.07) is 10.6. The van der Waals surface area contributed by atoms with E-state index in [2.05, 4.69) is 41.3 Å². The maximum atomic E-state index is 11.5. The van der Waals surface area contributed by atoms with E-state index in [4.69, 9.17) is 0 Å². The Balaban J connectivity index is 1.66. The van der Waals surface area contributed by atoms with Crippen LogP contribution in [0.1, 0.15) is 31.2 Å². The first-order valence-corrected chi connectivity index (χ1v) is 7.28. The lowest BCUT2D eigenvalue weighted by atomic mass is 9.82. The van der Waals surface area contributed by atoms with Crippen LogP contribution in [-0.4, -0.2) is 23.8 Å². The van der Waals surface area contributed by atoms with Gasteiger partial charge >= 0.3 is 0 Å². The van der Waals surface area contributed by atoms with Gasteiger partial charge in [0.2, 0.25) is 0 Å². The number of hydrogen-bond acceptors (Lipinski definition) is 2. The van der Waals surface area contributed by atoms with Crippen molar-refractivity contribution in [2.24, 2.45) is 5.92 Å². The van der Waals surface area contributed by atoms with Crippen LogP contribution >= 0.6 is 0 Å². The molecule has 0 amide bonds. The summed E-state index contributed by atoms with van der Waals surface area (Å²) in [6.07, 6.45) is 6.11. The molecule has 1 aliphatic carbocycles. The van der Waals surface area contributed by atoms with Gasteiger partial charge < -0.3 is 0 Å². The summed E-state index contributed by atoms with van der Waals surface area (Å²) in [4.78, 5) is 14.0. The Morgan fingerprint density at radius 1 is 1.16 bits per heavy atom. The number of nitrogens with zero attached hydrogens (tertiary/aromatic N) is 1. The number of fused-ring (bicyclic) bond motifs is 1. The first kappa shape index (κ1) is 12.6. The van der Waals surface area contributed by atoms with Gasteiger partial charge in [0.1, 0.15) is 5.78 Å². The molecule has 1 aromatic rings. The van der Waals surface area contributed by atoms with E-state index in [1.807, 2.05) is 0 Å². The van der Waals surface area contributed by atoms with Crippen LogP contribution in [0.4, 0.5) is 0 Å². The number of carbonyl (C=O) groups is 1. The molecule has 19 heavy (non-hydrogen) atoms. The third-order valence-corrected chi connectivity index (χ3v) is 4.35. The molecule has 1 saturated carbocycles. The van der Waals surface area contributed by atoms with Crippen LogP contribution in [0, 0.1) is 5.92 Å². The van der Waals surface area contributed by atoms with Gasteiger partial charge in [-0.2, -0.15) is 0 Å². The molecule has 0 N–H and O–H groups in total. The van der Waals surface area contributed by atoms with Gasteiger partial charge in [0, 0.05) is 25.9 Å². The van der Waals surface area contributed by atoms with E-state index in [0.29, 0.717) is 18.1 Å². The average molecular weight is 255 g/mol. The fraction of sp³-hybridized carbons (Fsp3) is 0.471. The molecule has 1 atom stereocenters. The summed E-state index contributed by atoms with van der Waals surface area (Å²) in [7, 11) is 0. The van der Waals surface area contributed by atoms with E-state index in [0.717, 1.165) is 32.5 Å². The molecule has 2 heteroatoms. The van der Waals surface area contributed by atoms with E-state index in [-0.39, 0.29) is 0 Å². The number of ketones is 1. The normalized spacial score (nSPS) is 24.5. The van der Waals surface area contributed by atoms with Crippen molar-refractivity contribution >= 4 is 5.78 Å². The zero-order chi connectivity index (χ0) is 13.1. The van der Waals surface area contributed by atoms with Crippen molar-refractivity contribution in [1.29, 1.82) is 0 Å². The Morgan fingerprint density at radius 2 is 2.00 bits per heavy atom. The number of allylic oxidation sites excluding steroid dienone is 1. The third-order valence-electron chi connectivity index (χ3n) is 4.35. The van der Waals surface area contributed by atoms with Crippen molar-refractivity contribution in [3.05, 3.63) is 47.5 Å². The molecule has 1 aliphatic heterocycles. The Bertz CT molecular complexity index is 477. The lowest BCUT2D eigenvalue weighted by molar-refractivity contribution is -0.119. The minimum Gasteiger partial charge on any atom is -0.299 e. The van der Waals surface area contributed by atoms with Crippen molar-refractivity contribution in [1.82, 2.24) is 4.90 Å². The predicted octanol–water partition coefficient (Wildman–Crippen LogP) is 3.19. The molecule has 3 rings (SSSR count). The summed E-state index contributed by atoms with van der Waals surface area (Å²) in [6.45, 7) is 3.16. The van der Waals surface area contributed by atoms with Gasteiger partial charge in [-0.1, -0.05) is 42.0 Å². The third kappa shape index (κ3) is 3.13. The Labute approximate surface area is 115 Å². The lowest BCUT2D eigenvalue weighted by Gasteiger charge is -2.23.